The normalized spacial score (nSPS) is 26.6. The molecule has 2 fully saturated rings. The van der Waals surface area contributed by atoms with Crippen LogP contribution in [0, 0.1) is 0 Å². The van der Waals surface area contributed by atoms with E-state index in [-0.39, 0.29) is 11.9 Å². The van der Waals surface area contributed by atoms with Gasteiger partial charge in [-0.3, -0.25) is 9.69 Å². The minimum absolute atomic E-state index is 0.149. The fraction of sp³-hybridized carbons (Fsp3) is 0.562. The van der Waals surface area contributed by atoms with E-state index in [0.29, 0.717) is 11.9 Å². The molecule has 1 aromatic carbocycles. The molecule has 4 heteroatoms. The maximum atomic E-state index is 12.7. The van der Waals surface area contributed by atoms with E-state index in [9.17, 15) is 4.79 Å². The van der Waals surface area contributed by atoms with Gasteiger partial charge in [-0.25, -0.2) is 0 Å². The van der Waals surface area contributed by atoms with Crippen LogP contribution in [0.3, 0.4) is 0 Å². The molecule has 2 atom stereocenters. The van der Waals surface area contributed by atoms with Crippen LogP contribution in [0.15, 0.2) is 24.3 Å². The molecule has 1 aromatic rings. The maximum absolute atomic E-state index is 12.7. The van der Waals surface area contributed by atoms with Crippen LogP contribution < -0.4 is 0 Å². The Hall–Kier alpha value is -1.06. The van der Waals surface area contributed by atoms with Crippen LogP contribution in [-0.2, 0) is 5.88 Å². The van der Waals surface area contributed by atoms with Gasteiger partial charge in [0.15, 0.2) is 0 Å². The molecule has 2 heterocycles. The Labute approximate surface area is 125 Å². The molecule has 2 saturated heterocycles. The first-order valence-corrected chi connectivity index (χ1v) is 7.92. The van der Waals surface area contributed by atoms with Crippen LogP contribution in [0.4, 0.5) is 0 Å². The largest absolute Gasteiger partial charge is 0.333 e. The molecule has 108 valence electrons. The smallest absolute Gasteiger partial charge is 0.254 e. The number of hydrogen-bond donors (Lipinski definition) is 0. The number of piperazine rings is 1. The number of fused-ring (bicyclic) bond motifs is 1. The standard InChI is InChI=1S/C16H21ClN2O/c1-12-10-18-7-3-6-15(18)11-19(12)16(20)14-5-2-4-13(8-14)9-17/h2,4-5,8,12,15H,3,6-7,9-11H2,1H3. The number of amides is 1. The lowest BCUT2D eigenvalue weighted by Crippen LogP contribution is -2.56. The number of halogens is 1. The SMILES string of the molecule is CC1CN2CCCC2CN1C(=O)c1cccc(CCl)c1. The average molecular weight is 293 g/mol. The third kappa shape index (κ3) is 2.57. The van der Waals surface area contributed by atoms with Crippen molar-refractivity contribution in [3.05, 3.63) is 35.4 Å². The Bertz CT molecular complexity index is 505. The summed E-state index contributed by atoms with van der Waals surface area (Å²) in [5.74, 6) is 0.601. The van der Waals surface area contributed by atoms with E-state index in [1.807, 2.05) is 29.2 Å². The number of hydrogen-bond acceptors (Lipinski definition) is 2. The summed E-state index contributed by atoms with van der Waals surface area (Å²) in [6.07, 6.45) is 2.49. The van der Waals surface area contributed by atoms with Crippen molar-refractivity contribution < 1.29 is 4.79 Å². The van der Waals surface area contributed by atoms with Gasteiger partial charge in [0.1, 0.15) is 0 Å². The fourth-order valence-electron chi connectivity index (χ4n) is 3.42. The summed E-state index contributed by atoms with van der Waals surface area (Å²) in [4.78, 5) is 17.3. The summed E-state index contributed by atoms with van der Waals surface area (Å²) in [7, 11) is 0. The summed E-state index contributed by atoms with van der Waals surface area (Å²) in [5.41, 5.74) is 1.77. The van der Waals surface area contributed by atoms with Crippen LogP contribution in [0.1, 0.15) is 35.7 Å². The predicted octanol–water partition coefficient (Wildman–Crippen LogP) is 2.73. The van der Waals surface area contributed by atoms with E-state index in [4.69, 9.17) is 11.6 Å². The molecular weight excluding hydrogens is 272 g/mol. The molecule has 20 heavy (non-hydrogen) atoms. The van der Waals surface area contributed by atoms with E-state index < -0.39 is 0 Å². The first-order valence-electron chi connectivity index (χ1n) is 7.39. The van der Waals surface area contributed by atoms with Crippen LogP contribution in [0.5, 0.6) is 0 Å². The second kappa shape index (κ2) is 5.74. The Morgan fingerprint density at radius 2 is 2.25 bits per heavy atom. The number of carbonyl (C=O) groups is 1. The molecule has 3 nitrogen and oxygen atoms in total. The number of rotatable bonds is 2. The van der Waals surface area contributed by atoms with Gasteiger partial charge >= 0.3 is 0 Å². The number of alkyl halides is 1. The first-order chi connectivity index (χ1) is 9.69. The lowest BCUT2D eigenvalue weighted by atomic mass is 10.0. The third-order valence-corrected chi connectivity index (χ3v) is 4.84. The summed E-state index contributed by atoms with van der Waals surface area (Å²) in [6.45, 7) is 5.22. The van der Waals surface area contributed by atoms with Gasteiger partial charge < -0.3 is 4.90 Å². The Morgan fingerprint density at radius 1 is 1.40 bits per heavy atom. The minimum Gasteiger partial charge on any atom is -0.333 e. The zero-order valence-electron chi connectivity index (χ0n) is 11.9. The van der Waals surface area contributed by atoms with E-state index >= 15 is 0 Å². The highest BCUT2D eigenvalue weighted by molar-refractivity contribution is 6.17. The number of benzene rings is 1. The van der Waals surface area contributed by atoms with E-state index in [0.717, 1.165) is 24.2 Å². The van der Waals surface area contributed by atoms with Crippen molar-refractivity contribution >= 4 is 17.5 Å². The molecule has 3 rings (SSSR count). The maximum Gasteiger partial charge on any atom is 0.254 e. The van der Waals surface area contributed by atoms with Crippen LogP contribution in [0.2, 0.25) is 0 Å². The highest BCUT2D eigenvalue weighted by atomic mass is 35.5. The number of nitrogens with zero attached hydrogens (tertiary/aromatic N) is 2. The molecule has 0 bridgehead atoms. The van der Waals surface area contributed by atoms with E-state index in [2.05, 4.69) is 11.8 Å². The van der Waals surface area contributed by atoms with Crippen molar-refractivity contribution in [2.24, 2.45) is 0 Å². The summed E-state index contributed by atoms with van der Waals surface area (Å²) in [6, 6.07) is 8.54. The minimum atomic E-state index is 0.149. The van der Waals surface area contributed by atoms with Gasteiger partial charge in [0.2, 0.25) is 0 Å². The van der Waals surface area contributed by atoms with Gasteiger partial charge in [-0.05, 0) is 44.0 Å². The first kappa shape index (κ1) is 13.9. The van der Waals surface area contributed by atoms with Crippen molar-refractivity contribution in [1.29, 1.82) is 0 Å². The monoisotopic (exact) mass is 292 g/mol. The molecule has 1 amide bonds. The van der Waals surface area contributed by atoms with Crippen molar-refractivity contribution in [3.63, 3.8) is 0 Å². The quantitative estimate of drug-likeness (QED) is 0.783. The highest BCUT2D eigenvalue weighted by Gasteiger charge is 2.36. The van der Waals surface area contributed by atoms with Gasteiger partial charge in [0.25, 0.3) is 5.91 Å². The second-order valence-corrected chi connectivity index (χ2v) is 6.20. The average Bonchev–Trinajstić information content (AvgIpc) is 2.92. The fourth-order valence-corrected chi connectivity index (χ4v) is 3.59. The van der Waals surface area contributed by atoms with Crippen LogP contribution in [-0.4, -0.2) is 47.4 Å². The van der Waals surface area contributed by atoms with Gasteiger partial charge in [-0.1, -0.05) is 12.1 Å². The molecular formula is C16H21ClN2O. The summed E-state index contributed by atoms with van der Waals surface area (Å²) < 4.78 is 0. The van der Waals surface area contributed by atoms with Gasteiger partial charge in [-0.15, -0.1) is 11.6 Å². The molecule has 2 aliphatic heterocycles. The van der Waals surface area contributed by atoms with Gasteiger partial charge in [0.05, 0.1) is 0 Å². The van der Waals surface area contributed by atoms with Gasteiger partial charge in [0, 0.05) is 36.6 Å². The predicted molar refractivity (Wildman–Crippen MR) is 81.1 cm³/mol. The van der Waals surface area contributed by atoms with Gasteiger partial charge in [-0.2, -0.15) is 0 Å². The van der Waals surface area contributed by atoms with Crippen molar-refractivity contribution in [3.8, 4) is 0 Å². The third-order valence-electron chi connectivity index (χ3n) is 4.53. The second-order valence-electron chi connectivity index (χ2n) is 5.93. The molecule has 0 aromatic heterocycles. The molecule has 2 unspecified atom stereocenters. The van der Waals surface area contributed by atoms with Crippen molar-refractivity contribution in [2.75, 3.05) is 19.6 Å². The summed E-state index contributed by atoms with van der Waals surface area (Å²) in [5, 5.41) is 0. The molecule has 0 aliphatic carbocycles. The molecule has 0 radical (unpaired) electrons. The molecule has 0 N–H and O–H groups in total. The molecule has 2 aliphatic rings. The van der Waals surface area contributed by atoms with Crippen LogP contribution in [0.25, 0.3) is 0 Å². The Kier molecular flexibility index (Phi) is 3.99. The van der Waals surface area contributed by atoms with Crippen LogP contribution >= 0.6 is 11.6 Å². The summed E-state index contributed by atoms with van der Waals surface area (Å²) >= 11 is 5.86. The lowest BCUT2D eigenvalue weighted by molar-refractivity contribution is 0.0395. The van der Waals surface area contributed by atoms with Crippen molar-refractivity contribution in [1.82, 2.24) is 9.80 Å². The van der Waals surface area contributed by atoms with E-state index in [1.54, 1.807) is 0 Å². The zero-order chi connectivity index (χ0) is 14.1. The zero-order valence-corrected chi connectivity index (χ0v) is 12.6. The molecule has 0 spiro atoms. The highest BCUT2D eigenvalue weighted by Crippen LogP contribution is 2.25. The van der Waals surface area contributed by atoms with Crippen molar-refractivity contribution in [2.45, 2.75) is 37.7 Å². The Morgan fingerprint density at radius 3 is 3.05 bits per heavy atom. The topological polar surface area (TPSA) is 23.6 Å². The number of carbonyl (C=O) groups excluding carboxylic acids is 1. The molecule has 0 saturated carbocycles. The van der Waals surface area contributed by atoms with E-state index in [1.165, 1.54) is 19.4 Å². The lowest BCUT2D eigenvalue weighted by Gasteiger charge is -2.42. The Balaban J connectivity index is 1.78.